The van der Waals surface area contributed by atoms with E-state index in [-0.39, 0.29) is 12.1 Å². The van der Waals surface area contributed by atoms with Crippen LogP contribution >= 0.6 is 0 Å². The lowest BCUT2D eigenvalue weighted by Gasteiger charge is -2.17. The van der Waals surface area contributed by atoms with Crippen molar-refractivity contribution in [2.24, 2.45) is 11.8 Å². The van der Waals surface area contributed by atoms with Gasteiger partial charge in [0.25, 0.3) is 0 Å². The lowest BCUT2D eigenvalue weighted by atomic mass is 10.0. The minimum Gasteiger partial charge on any atom is -0.501 e. The molecule has 0 aromatic carbocycles. The van der Waals surface area contributed by atoms with Gasteiger partial charge in [-0.3, -0.25) is 0 Å². The van der Waals surface area contributed by atoms with E-state index in [1.807, 2.05) is 0 Å². The molecule has 2 aliphatic carbocycles. The molecule has 0 amide bonds. The van der Waals surface area contributed by atoms with Gasteiger partial charge >= 0.3 is 5.97 Å². The Morgan fingerprint density at radius 1 is 1.40 bits per heavy atom. The van der Waals surface area contributed by atoms with Crippen LogP contribution in [0, 0.1) is 11.8 Å². The Balaban J connectivity index is 1.88. The standard InChI is InChI=1S/C12H16O3/c1-8(14-2)5-12(13)15-11-7-9-3-4-10(11)6-9/h3-5,9-11H,6-7H2,1-2H3/b8-5-. The maximum Gasteiger partial charge on any atom is 0.334 e. The second-order valence-corrected chi connectivity index (χ2v) is 4.21. The highest BCUT2D eigenvalue weighted by Gasteiger charge is 2.37. The van der Waals surface area contributed by atoms with E-state index in [1.165, 1.54) is 6.08 Å². The lowest BCUT2D eigenvalue weighted by molar-refractivity contribution is -0.144. The number of fused-ring (bicyclic) bond motifs is 2. The van der Waals surface area contributed by atoms with Crippen molar-refractivity contribution < 1.29 is 14.3 Å². The van der Waals surface area contributed by atoms with E-state index in [4.69, 9.17) is 9.47 Å². The van der Waals surface area contributed by atoms with Gasteiger partial charge in [0.15, 0.2) is 0 Å². The summed E-state index contributed by atoms with van der Waals surface area (Å²) in [6.07, 6.45) is 7.99. The Hall–Kier alpha value is -1.25. The van der Waals surface area contributed by atoms with Crippen molar-refractivity contribution in [1.82, 2.24) is 0 Å². The molecule has 2 rings (SSSR count). The summed E-state index contributed by atoms with van der Waals surface area (Å²) in [5.74, 6) is 1.36. The van der Waals surface area contributed by atoms with Crippen LogP contribution in [0.2, 0.25) is 0 Å². The summed E-state index contributed by atoms with van der Waals surface area (Å²) in [7, 11) is 1.54. The van der Waals surface area contributed by atoms with E-state index in [9.17, 15) is 4.79 Å². The van der Waals surface area contributed by atoms with E-state index in [2.05, 4.69) is 12.2 Å². The largest absolute Gasteiger partial charge is 0.501 e. The highest BCUT2D eigenvalue weighted by Crippen LogP contribution is 2.40. The molecule has 15 heavy (non-hydrogen) atoms. The molecule has 0 aromatic rings. The topological polar surface area (TPSA) is 35.5 Å². The fraction of sp³-hybridized carbons (Fsp3) is 0.583. The van der Waals surface area contributed by atoms with Crippen LogP contribution in [0.1, 0.15) is 19.8 Å². The van der Waals surface area contributed by atoms with E-state index >= 15 is 0 Å². The molecule has 3 atom stereocenters. The van der Waals surface area contributed by atoms with Crippen molar-refractivity contribution in [3.8, 4) is 0 Å². The van der Waals surface area contributed by atoms with Crippen molar-refractivity contribution in [1.29, 1.82) is 0 Å². The zero-order valence-electron chi connectivity index (χ0n) is 9.10. The first-order valence-electron chi connectivity index (χ1n) is 5.30. The fourth-order valence-electron chi connectivity index (χ4n) is 2.27. The number of ether oxygens (including phenoxy) is 2. The molecule has 0 radical (unpaired) electrons. The Morgan fingerprint density at radius 2 is 2.20 bits per heavy atom. The first-order chi connectivity index (χ1) is 7.19. The molecule has 0 aromatic heterocycles. The normalized spacial score (nSPS) is 33.2. The quantitative estimate of drug-likeness (QED) is 0.308. The van der Waals surface area contributed by atoms with Crippen molar-refractivity contribution in [2.75, 3.05) is 7.11 Å². The van der Waals surface area contributed by atoms with Gasteiger partial charge in [-0.25, -0.2) is 4.79 Å². The van der Waals surface area contributed by atoms with Crippen LogP contribution < -0.4 is 0 Å². The Bertz CT molecular complexity index is 317. The third-order valence-corrected chi connectivity index (χ3v) is 3.13. The number of allylic oxidation sites excluding steroid dienone is 2. The highest BCUT2D eigenvalue weighted by atomic mass is 16.5. The molecular weight excluding hydrogens is 192 g/mol. The molecule has 0 heterocycles. The maximum absolute atomic E-state index is 11.4. The van der Waals surface area contributed by atoms with Crippen LogP contribution in [-0.2, 0) is 14.3 Å². The molecule has 82 valence electrons. The van der Waals surface area contributed by atoms with Gasteiger partial charge in [0.2, 0.25) is 0 Å². The minimum atomic E-state index is -0.291. The Labute approximate surface area is 89.8 Å². The number of rotatable bonds is 3. The maximum atomic E-state index is 11.4. The summed E-state index contributed by atoms with van der Waals surface area (Å²) < 4.78 is 10.3. The monoisotopic (exact) mass is 208 g/mol. The van der Waals surface area contributed by atoms with E-state index in [0.29, 0.717) is 17.6 Å². The molecule has 1 saturated carbocycles. The molecule has 0 N–H and O–H groups in total. The van der Waals surface area contributed by atoms with Crippen LogP contribution in [0.4, 0.5) is 0 Å². The molecule has 2 aliphatic rings. The van der Waals surface area contributed by atoms with Crippen LogP contribution in [0.5, 0.6) is 0 Å². The Morgan fingerprint density at radius 3 is 2.73 bits per heavy atom. The molecule has 3 heteroatoms. The highest BCUT2D eigenvalue weighted by molar-refractivity contribution is 5.82. The van der Waals surface area contributed by atoms with E-state index in [0.717, 1.165) is 12.8 Å². The van der Waals surface area contributed by atoms with Gasteiger partial charge < -0.3 is 9.47 Å². The molecule has 1 fully saturated rings. The molecule has 0 spiro atoms. The molecule has 3 unspecified atom stereocenters. The molecule has 0 aliphatic heterocycles. The second-order valence-electron chi connectivity index (χ2n) is 4.21. The van der Waals surface area contributed by atoms with Crippen LogP contribution in [0.15, 0.2) is 24.0 Å². The van der Waals surface area contributed by atoms with Gasteiger partial charge in [0.1, 0.15) is 6.10 Å². The van der Waals surface area contributed by atoms with Crippen LogP contribution in [0.25, 0.3) is 0 Å². The number of esters is 1. The van der Waals surface area contributed by atoms with Crippen LogP contribution in [-0.4, -0.2) is 19.2 Å². The Kier molecular flexibility index (Phi) is 2.80. The predicted octanol–water partition coefficient (Wildman–Crippen LogP) is 2.04. The third kappa shape index (κ3) is 2.22. The zero-order valence-corrected chi connectivity index (χ0v) is 9.10. The van der Waals surface area contributed by atoms with Gasteiger partial charge in [-0.15, -0.1) is 0 Å². The van der Waals surface area contributed by atoms with Crippen molar-refractivity contribution in [2.45, 2.75) is 25.9 Å². The van der Waals surface area contributed by atoms with Gasteiger partial charge in [-0.2, -0.15) is 0 Å². The second kappa shape index (κ2) is 4.09. The van der Waals surface area contributed by atoms with E-state index < -0.39 is 0 Å². The number of carbonyl (C=O) groups is 1. The predicted molar refractivity (Wildman–Crippen MR) is 56.0 cm³/mol. The minimum absolute atomic E-state index is 0.0772. The number of hydrogen-bond donors (Lipinski definition) is 0. The summed E-state index contributed by atoms with van der Waals surface area (Å²) in [6.45, 7) is 1.74. The number of carbonyl (C=O) groups excluding carboxylic acids is 1. The average Bonchev–Trinajstić information content (AvgIpc) is 2.78. The summed E-state index contributed by atoms with van der Waals surface area (Å²) in [5, 5.41) is 0. The van der Waals surface area contributed by atoms with Crippen molar-refractivity contribution >= 4 is 5.97 Å². The van der Waals surface area contributed by atoms with E-state index in [1.54, 1.807) is 14.0 Å². The van der Waals surface area contributed by atoms with Crippen LogP contribution in [0.3, 0.4) is 0 Å². The molecule has 2 bridgehead atoms. The molecule has 3 nitrogen and oxygen atoms in total. The van der Waals surface area contributed by atoms with Gasteiger partial charge in [0, 0.05) is 5.92 Å². The van der Waals surface area contributed by atoms with Crippen molar-refractivity contribution in [3.63, 3.8) is 0 Å². The summed E-state index contributed by atoms with van der Waals surface area (Å²) in [4.78, 5) is 11.4. The van der Waals surface area contributed by atoms with Gasteiger partial charge in [-0.05, 0) is 25.7 Å². The van der Waals surface area contributed by atoms with Gasteiger partial charge in [-0.1, -0.05) is 12.2 Å². The molecular formula is C12H16O3. The average molecular weight is 208 g/mol. The summed E-state index contributed by atoms with van der Waals surface area (Å²) in [6, 6.07) is 0. The summed E-state index contributed by atoms with van der Waals surface area (Å²) in [5.41, 5.74) is 0. The zero-order chi connectivity index (χ0) is 10.8. The number of hydrogen-bond acceptors (Lipinski definition) is 3. The van der Waals surface area contributed by atoms with Crippen molar-refractivity contribution in [3.05, 3.63) is 24.0 Å². The smallest absolute Gasteiger partial charge is 0.334 e. The first kappa shape index (κ1) is 10.3. The third-order valence-electron chi connectivity index (χ3n) is 3.13. The fourth-order valence-corrected chi connectivity index (χ4v) is 2.27. The summed E-state index contributed by atoms with van der Waals surface area (Å²) >= 11 is 0. The molecule has 0 saturated heterocycles. The first-order valence-corrected chi connectivity index (χ1v) is 5.30. The van der Waals surface area contributed by atoms with Gasteiger partial charge in [0.05, 0.1) is 18.9 Å². The number of methoxy groups -OCH3 is 1. The lowest BCUT2D eigenvalue weighted by Crippen LogP contribution is -2.21. The SMILES string of the molecule is CO/C(C)=C\C(=O)OC1CC2C=CC1C2.